The minimum Gasteiger partial charge on any atom is -0.363 e. The van der Waals surface area contributed by atoms with Gasteiger partial charge in [-0.3, -0.25) is 0 Å². The monoisotopic (exact) mass is 253 g/mol. The van der Waals surface area contributed by atoms with Gasteiger partial charge in [-0.1, -0.05) is 17.7 Å². The van der Waals surface area contributed by atoms with Crippen LogP contribution in [0.4, 0.5) is 5.82 Å². The lowest BCUT2D eigenvalue weighted by atomic mass is 10.2. The maximum absolute atomic E-state index is 5.82. The number of aromatic nitrogens is 2. The van der Waals surface area contributed by atoms with Crippen LogP contribution in [0.15, 0.2) is 23.7 Å². The van der Waals surface area contributed by atoms with Crippen LogP contribution in [0.1, 0.15) is 23.5 Å². The highest BCUT2D eigenvalue weighted by molar-refractivity contribution is 7.09. The number of rotatable bonds is 3. The summed E-state index contributed by atoms with van der Waals surface area (Å²) in [4.78, 5) is 9.64. The van der Waals surface area contributed by atoms with Crippen LogP contribution in [-0.4, -0.2) is 9.97 Å². The Balaban J connectivity index is 2.14. The maximum atomic E-state index is 5.82. The SMILES string of the molecule is Cc1ncsc1C(C)Nc1cccc(Cl)n1. The Kier molecular flexibility index (Phi) is 3.41. The molecule has 2 aromatic heterocycles. The summed E-state index contributed by atoms with van der Waals surface area (Å²) >= 11 is 7.47. The van der Waals surface area contributed by atoms with Crippen LogP contribution in [0, 0.1) is 6.92 Å². The predicted molar refractivity (Wildman–Crippen MR) is 68.1 cm³/mol. The molecule has 16 heavy (non-hydrogen) atoms. The normalized spacial score (nSPS) is 12.4. The minimum atomic E-state index is 0.193. The smallest absolute Gasteiger partial charge is 0.131 e. The van der Waals surface area contributed by atoms with E-state index in [4.69, 9.17) is 11.6 Å². The van der Waals surface area contributed by atoms with Gasteiger partial charge in [0, 0.05) is 4.88 Å². The first-order valence-corrected chi connectivity index (χ1v) is 6.21. The summed E-state index contributed by atoms with van der Waals surface area (Å²) in [6.45, 7) is 4.10. The number of pyridine rings is 1. The molecule has 0 aliphatic heterocycles. The molecule has 0 fully saturated rings. The Hall–Kier alpha value is -1.13. The van der Waals surface area contributed by atoms with Crippen molar-refractivity contribution < 1.29 is 0 Å². The van der Waals surface area contributed by atoms with Crippen LogP contribution in [0.25, 0.3) is 0 Å². The molecule has 5 heteroatoms. The van der Waals surface area contributed by atoms with Crippen LogP contribution in [0.3, 0.4) is 0 Å². The van der Waals surface area contributed by atoms with Crippen molar-refractivity contribution in [3.8, 4) is 0 Å². The summed E-state index contributed by atoms with van der Waals surface area (Å²) in [5.41, 5.74) is 2.92. The number of hydrogen-bond acceptors (Lipinski definition) is 4. The van der Waals surface area contributed by atoms with Gasteiger partial charge in [-0.25, -0.2) is 9.97 Å². The van der Waals surface area contributed by atoms with Gasteiger partial charge < -0.3 is 5.32 Å². The van der Waals surface area contributed by atoms with E-state index in [0.717, 1.165) is 11.5 Å². The fraction of sp³-hybridized carbons (Fsp3) is 0.273. The third-order valence-electron chi connectivity index (χ3n) is 2.26. The van der Waals surface area contributed by atoms with Gasteiger partial charge in [-0.2, -0.15) is 0 Å². The highest BCUT2D eigenvalue weighted by atomic mass is 35.5. The van der Waals surface area contributed by atoms with E-state index in [0.29, 0.717) is 5.15 Å². The van der Waals surface area contributed by atoms with Gasteiger partial charge in [0.25, 0.3) is 0 Å². The number of halogens is 1. The molecular formula is C11H12ClN3S. The van der Waals surface area contributed by atoms with E-state index in [1.54, 1.807) is 17.4 Å². The van der Waals surface area contributed by atoms with E-state index >= 15 is 0 Å². The summed E-state index contributed by atoms with van der Waals surface area (Å²) in [6, 6.07) is 5.73. The first kappa shape index (κ1) is 11.4. The Morgan fingerprint density at radius 3 is 2.88 bits per heavy atom. The molecule has 3 nitrogen and oxygen atoms in total. The molecule has 2 rings (SSSR count). The van der Waals surface area contributed by atoms with Gasteiger partial charge in [0.2, 0.25) is 0 Å². The van der Waals surface area contributed by atoms with E-state index in [-0.39, 0.29) is 6.04 Å². The molecule has 0 aliphatic rings. The molecule has 0 aromatic carbocycles. The number of hydrogen-bond donors (Lipinski definition) is 1. The first-order valence-electron chi connectivity index (χ1n) is 4.96. The number of anilines is 1. The molecule has 2 aromatic rings. The van der Waals surface area contributed by atoms with E-state index in [9.17, 15) is 0 Å². The zero-order valence-corrected chi connectivity index (χ0v) is 10.6. The standard InChI is InChI=1S/C11H12ClN3S/c1-7-11(16-6-13-7)8(2)14-10-5-3-4-9(12)15-10/h3-6,8H,1-2H3,(H,14,15). The van der Waals surface area contributed by atoms with Crippen molar-refractivity contribution in [3.63, 3.8) is 0 Å². The lowest BCUT2D eigenvalue weighted by Crippen LogP contribution is -2.07. The zero-order valence-electron chi connectivity index (χ0n) is 9.07. The van der Waals surface area contributed by atoms with Crippen molar-refractivity contribution in [2.45, 2.75) is 19.9 Å². The number of nitrogens with zero attached hydrogens (tertiary/aromatic N) is 2. The quantitative estimate of drug-likeness (QED) is 0.848. The first-order chi connectivity index (χ1) is 7.66. The van der Waals surface area contributed by atoms with Gasteiger partial charge in [0.15, 0.2) is 0 Å². The third-order valence-corrected chi connectivity index (χ3v) is 3.58. The second kappa shape index (κ2) is 4.80. The van der Waals surface area contributed by atoms with Crippen molar-refractivity contribution in [1.82, 2.24) is 9.97 Å². The molecule has 84 valence electrons. The Bertz CT molecular complexity index is 484. The highest BCUT2D eigenvalue weighted by Gasteiger charge is 2.11. The number of nitrogens with one attached hydrogen (secondary N) is 1. The van der Waals surface area contributed by atoms with Gasteiger partial charge in [0.1, 0.15) is 11.0 Å². The fourth-order valence-corrected chi connectivity index (χ4v) is 2.48. The van der Waals surface area contributed by atoms with Crippen LogP contribution >= 0.6 is 22.9 Å². The Morgan fingerprint density at radius 2 is 2.25 bits per heavy atom. The predicted octanol–water partition coefficient (Wildman–Crippen LogP) is 3.67. The zero-order chi connectivity index (χ0) is 11.5. The molecule has 1 unspecified atom stereocenters. The molecule has 0 bridgehead atoms. The Morgan fingerprint density at radius 1 is 1.44 bits per heavy atom. The van der Waals surface area contributed by atoms with Gasteiger partial charge in [0.05, 0.1) is 17.2 Å². The minimum absolute atomic E-state index is 0.193. The van der Waals surface area contributed by atoms with Crippen molar-refractivity contribution in [2.75, 3.05) is 5.32 Å². The van der Waals surface area contributed by atoms with Gasteiger partial charge >= 0.3 is 0 Å². The Labute approximate surface area is 104 Å². The molecule has 2 heterocycles. The molecule has 0 aliphatic carbocycles. The molecule has 0 saturated heterocycles. The molecule has 0 saturated carbocycles. The average molecular weight is 254 g/mol. The maximum Gasteiger partial charge on any atom is 0.131 e. The summed E-state index contributed by atoms with van der Waals surface area (Å²) in [7, 11) is 0. The molecule has 0 spiro atoms. The second-order valence-electron chi connectivity index (χ2n) is 3.51. The number of thiazole rings is 1. The second-order valence-corrected chi connectivity index (χ2v) is 4.79. The van der Waals surface area contributed by atoms with Crippen molar-refractivity contribution >= 4 is 28.8 Å². The third kappa shape index (κ3) is 2.51. The lowest BCUT2D eigenvalue weighted by Gasteiger charge is -2.13. The van der Waals surface area contributed by atoms with Crippen molar-refractivity contribution in [2.24, 2.45) is 0 Å². The van der Waals surface area contributed by atoms with E-state index < -0.39 is 0 Å². The number of aryl methyl sites for hydroxylation is 1. The van der Waals surface area contributed by atoms with Crippen LogP contribution in [0.5, 0.6) is 0 Å². The van der Waals surface area contributed by atoms with Crippen LogP contribution in [-0.2, 0) is 0 Å². The largest absolute Gasteiger partial charge is 0.363 e. The lowest BCUT2D eigenvalue weighted by molar-refractivity contribution is 0.880. The summed E-state index contributed by atoms with van der Waals surface area (Å²) < 4.78 is 0. The molecule has 1 N–H and O–H groups in total. The van der Waals surface area contributed by atoms with Crippen LogP contribution in [0.2, 0.25) is 5.15 Å². The highest BCUT2D eigenvalue weighted by Crippen LogP contribution is 2.24. The fourth-order valence-electron chi connectivity index (χ4n) is 1.50. The van der Waals surface area contributed by atoms with E-state index in [1.807, 2.05) is 24.6 Å². The molecule has 0 amide bonds. The molecule has 1 atom stereocenters. The van der Waals surface area contributed by atoms with E-state index in [2.05, 4.69) is 22.2 Å². The summed E-state index contributed by atoms with van der Waals surface area (Å²) in [6.07, 6.45) is 0. The molecule has 0 radical (unpaired) electrons. The van der Waals surface area contributed by atoms with Crippen molar-refractivity contribution in [3.05, 3.63) is 39.4 Å². The summed E-state index contributed by atoms with van der Waals surface area (Å²) in [5, 5.41) is 3.80. The van der Waals surface area contributed by atoms with Crippen molar-refractivity contribution in [1.29, 1.82) is 0 Å². The summed E-state index contributed by atoms with van der Waals surface area (Å²) in [5.74, 6) is 0.785. The van der Waals surface area contributed by atoms with Crippen LogP contribution < -0.4 is 5.32 Å². The topological polar surface area (TPSA) is 37.8 Å². The van der Waals surface area contributed by atoms with Gasteiger partial charge in [-0.15, -0.1) is 11.3 Å². The average Bonchev–Trinajstić information content (AvgIpc) is 2.64. The van der Waals surface area contributed by atoms with E-state index in [1.165, 1.54) is 4.88 Å². The van der Waals surface area contributed by atoms with Gasteiger partial charge in [-0.05, 0) is 26.0 Å². The molecular weight excluding hydrogens is 242 g/mol.